The topological polar surface area (TPSA) is 120 Å². The minimum Gasteiger partial charge on any atom is -0.469 e. The summed E-state index contributed by atoms with van der Waals surface area (Å²) in [6, 6.07) is 13.2. The molecule has 2 unspecified atom stereocenters. The number of allylic oxidation sites excluding steroid dienone is 2. The average Bonchev–Trinajstić information content (AvgIpc) is 3.16. The van der Waals surface area contributed by atoms with E-state index in [1.54, 1.807) is 54.0 Å². The standard InChI is InChI=1S/C17H20FIN2O.C10H12O.C6H13NO2.2C4H10.C2H4O.C2H6/c1-5-10-20-13(3)14(4)21-11-12(2)15-6-8-16(9-7-15)22-17(18)19;1-7-4-5-10(9(3)11)8(2)6-7;1-5(7)3-4-6(8)9-2;2*1-3-4-2;1-2-3;1-2/h5-11,17H,1-4H3;4-6H,1-3H3;5H,3-4,7H2,1-2H3;2*3-4H2,1-2H3;2H,1H3;1-2H3/b10-5-,12-11+,20-13?,21-14?;;;;;;. The van der Waals surface area contributed by atoms with E-state index in [0.717, 1.165) is 40.0 Å². The zero-order valence-corrected chi connectivity index (χ0v) is 39.2. The summed E-state index contributed by atoms with van der Waals surface area (Å²) in [5.74, 6) is 0.460. The van der Waals surface area contributed by atoms with Crippen LogP contribution in [0.2, 0.25) is 0 Å². The number of rotatable bonds is 12. The SMILES string of the molecule is C/C=C\N=C(C)C(C)=N/C=C(\C)c1ccc(OC(F)I)cc1.CC.CC(=O)c1ccc(C)cc1C.CC=O.CCCC.CCCC.COC(=O)CCC(C)N. The molecule has 0 aliphatic carbocycles. The van der Waals surface area contributed by atoms with Crippen LogP contribution in [-0.2, 0) is 14.3 Å². The fourth-order valence-electron chi connectivity index (χ4n) is 3.20. The van der Waals surface area contributed by atoms with Gasteiger partial charge in [0.25, 0.3) is 4.36 Å². The number of unbranched alkanes of at least 4 members (excludes halogenated alkanes) is 2. The third kappa shape index (κ3) is 41.5. The van der Waals surface area contributed by atoms with Crippen LogP contribution in [0.3, 0.4) is 0 Å². The molecule has 0 aromatic heterocycles. The van der Waals surface area contributed by atoms with Gasteiger partial charge in [0, 0.05) is 53.0 Å². The van der Waals surface area contributed by atoms with E-state index in [-0.39, 0.29) is 17.8 Å². The van der Waals surface area contributed by atoms with Crippen molar-refractivity contribution in [2.45, 2.75) is 153 Å². The van der Waals surface area contributed by atoms with E-state index in [2.05, 4.69) is 42.4 Å². The minimum absolute atomic E-state index is 0.0871. The Morgan fingerprint density at radius 3 is 1.71 bits per heavy atom. The molecule has 0 radical (unpaired) electrons. The summed E-state index contributed by atoms with van der Waals surface area (Å²) in [5.41, 5.74) is 12.2. The van der Waals surface area contributed by atoms with Crippen LogP contribution in [0.15, 0.2) is 70.9 Å². The number of nitrogens with zero attached hydrogens (tertiary/aromatic N) is 2. The van der Waals surface area contributed by atoms with Gasteiger partial charge < -0.3 is 20.0 Å². The van der Waals surface area contributed by atoms with E-state index in [1.807, 2.05) is 98.7 Å². The lowest BCUT2D eigenvalue weighted by atomic mass is 10.0. The first kappa shape index (κ1) is 60.7. The zero-order chi connectivity index (χ0) is 43.8. The van der Waals surface area contributed by atoms with E-state index in [9.17, 15) is 14.0 Å². The Morgan fingerprint density at radius 2 is 1.35 bits per heavy atom. The molecule has 0 amide bonds. The normalized spacial score (nSPS) is 11.6. The number of aryl methyl sites for hydroxylation is 2. The number of aldehydes is 1. The highest BCUT2D eigenvalue weighted by Crippen LogP contribution is 2.21. The lowest BCUT2D eigenvalue weighted by Gasteiger charge is -2.06. The van der Waals surface area contributed by atoms with Crippen molar-refractivity contribution in [3.05, 3.63) is 83.2 Å². The molecule has 55 heavy (non-hydrogen) atoms. The summed E-state index contributed by atoms with van der Waals surface area (Å²) in [5, 5.41) is 0. The first-order valence-corrected chi connectivity index (χ1v) is 20.4. The van der Waals surface area contributed by atoms with Crippen LogP contribution in [0.4, 0.5) is 4.39 Å². The molecule has 2 aromatic carbocycles. The van der Waals surface area contributed by atoms with Crippen LogP contribution in [0.25, 0.3) is 5.57 Å². The molecule has 314 valence electrons. The Balaban J connectivity index is -0.000000211. The van der Waals surface area contributed by atoms with Gasteiger partial charge in [0.1, 0.15) is 12.0 Å². The van der Waals surface area contributed by atoms with Crippen molar-refractivity contribution in [2.75, 3.05) is 7.11 Å². The molecular formula is C45H75FIN3O5. The van der Waals surface area contributed by atoms with Gasteiger partial charge in [-0.05, 0) is 97.6 Å². The van der Waals surface area contributed by atoms with Crippen LogP contribution >= 0.6 is 22.6 Å². The molecule has 2 rings (SSSR count). The Hall–Kier alpha value is -3.51. The van der Waals surface area contributed by atoms with Crippen molar-refractivity contribution in [2.24, 2.45) is 15.7 Å². The number of aliphatic imine (C=N–C) groups is 2. The van der Waals surface area contributed by atoms with E-state index in [4.69, 9.17) is 15.3 Å². The molecule has 10 heteroatoms. The predicted octanol–water partition coefficient (Wildman–Crippen LogP) is 13.2. The molecule has 0 saturated carbocycles. The largest absolute Gasteiger partial charge is 0.469 e. The van der Waals surface area contributed by atoms with Crippen LogP contribution in [0.5, 0.6) is 5.75 Å². The highest BCUT2D eigenvalue weighted by atomic mass is 127. The molecule has 2 N–H and O–H groups in total. The summed E-state index contributed by atoms with van der Waals surface area (Å²) in [6.07, 6.45) is 12.6. The van der Waals surface area contributed by atoms with Crippen molar-refractivity contribution >= 4 is 57.6 Å². The van der Waals surface area contributed by atoms with Gasteiger partial charge in [-0.15, -0.1) is 0 Å². The first-order chi connectivity index (χ1) is 26.0. The Labute approximate surface area is 348 Å². The molecule has 8 nitrogen and oxygen atoms in total. The number of Topliss-reactive ketones (excluding diaryl/α,β-unsaturated/α-hetero) is 1. The number of ketones is 1. The number of carbonyl (C=O) groups is 3. The number of hydrogen-bond acceptors (Lipinski definition) is 8. The minimum atomic E-state index is -1.34. The summed E-state index contributed by atoms with van der Waals surface area (Å²) in [4.78, 5) is 38.9. The Kier molecular flexibility index (Phi) is 47.7. The third-order valence-electron chi connectivity index (χ3n) is 6.72. The summed E-state index contributed by atoms with van der Waals surface area (Å²) in [7, 11) is 1.38. The number of esters is 1. The molecule has 0 aliphatic rings. The molecule has 2 atom stereocenters. The smallest absolute Gasteiger partial charge is 0.305 e. The van der Waals surface area contributed by atoms with Crippen molar-refractivity contribution < 1.29 is 28.2 Å². The predicted molar refractivity (Wildman–Crippen MR) is 246 cm³/mol. The van der Waals surface area contributed by atoms with Crippen molar-refractivity contribution in [1.82, 2.24) is 0 Å². The monoisotopic (exact) mass is 883 g/mol. The number of hydrogen-bond donors (Lipinski definition) is 1. The van der Waals surface area contributed by atoms with Crippen molar-refractivity contribution in [1.29, 1.82) is 0 Å². The maximum atomic E-state index is 12.7. The lowest BCUT2D eigenvalue weighted by molar-refractivity contribution is -0.140. The number of halogens is 2. The third-order valence-corrected chi connectivity index (χ3v) is 6.97. The summed E-state index contributed by atoms with van der Waals surface area (Å²) >= 11 is 1.57. The van der Waals surface area contributed by atoms with Crippen LogP contribution in [0, 0.1) is 13.8 Å². The zero-order valence-electron chi connectivity index (χ0n) is 37.0. The fraction of sp³-hybridized carbons (Fsp3) is 0.533. The summed E-state index contributed by atoms with van der Waals surface area (Å²) in [6.45, 7) is 29.4. The average molecular weight is 884 g/mol. The quantitative estimate of drug-likeness (QED) is 0.0566. The van der Waals surface area contributed by atoms with Crippen molar-refractivity contribution in [3.63, 3.8) is 0 Å². The number of alkyl halides is 2. The van der Waals surface area contributed by atoms with E-state index in [0.29, 0.717) is 18.6 Å². The highest BCUT2D eigenvalue weighted by molar-refractivity contribution is 14.1. The number of nitrogens with two attached hydrogens (primary N) is 1. The number of methoxy groups -OCH3 is 1. The second-order valence-corrected chi connectivity index (χ2v) is 12.8. The molecular weight excluding hydrogens is 808 g/mol. The van der Waals surface area contributed by atoms with Gasteiger partial charge in [0.2, 0.25) is 0 Å². The van der Waals surface area contributed by atoms with Gasteiger partial charge >= 0.3 is 5.97 Å². The maximum absolute atomic E-state index is 12.7. The second kappa shape index (κ2) is 43.2. The van der Waals surface area contributed by atoms with Crippen LogP contribution in [-0.4, -0.2) is 47.0 Å². The van der Waals surface area contributed by atoms with Gasteiger partial charge in [0.15, 0.2) is 5.78 Å². The maximum Gasteiger partial charge on any atom is 0.305 e. The van der Waals surface area contributed by atoms with Gasteiger partial charge in [-0.1, -0.05) is 109 Å². The molecule has 0 saturated heterocycles. The van der Waals surface area contributed by atoms with E-state index in [1.165, 1.54) is 45.3 Å². The first-order valence-electron chi connectivity index (χ1n) is 19.2. The summed E-state index contributed by atoms with van der Waals surface area (Å²) < 4.78 is 20.8. The number of ether oxygens (including phenoxy) is 2. The number of carbonyl (C=O) groups excluding carboxylic acids is 3. The second-order valence-electron chi connectivity index (χ2n) is 11.8. The van der Waals surface area contributed by atoms with Gasteiger partial charge in [0.05, 0.1) is 18.5 Å². The molecule has 0 heterocycles. The van der Waals surface area contributed by atoms with E-state index < -0.39 is 4.36 Å². The van der Waals surface area contributed by atoms with Crippen molar-refractivity contribution in [3.8, 4) is 5.75 Å². The van der Waals surface area contributed by atoms with Gasteiger partial charge in [-0.3, -0.25) is 19.6 Å². The molecule has 0 bridgehead atoms. The van der Waals surface area contributed by atoms with Gasteiger partial charge in [-0.25, -0.2) is 0 Å². The molecule has 2 aromatic rings. The molecule has 0 spiro atoms. The molecule has 0 aliphatic heterocycles. The lowest BCUT2D eigenvalue weighted by Crippen LogP contribution is -2.16. The van der Waals surface area contributed by atoms with Crippen LogP contribution in [0.1, 0.15) is 156 Å². The van der Waals surface area contributed by atoms with E-state index >= 15 is 0 Å². The Morgan fingerprint density at radius 1 is 0.873 bits per heavy atom. The highest BCUT2D eigenvalue weighted by Gasteiger charge is 2.04. The van der Waals surface area contributed by atoms with Gasteiger partial charge in [-0.2, -0.15) is 4.39 Å². The fourth-order valence-corrected chi connectivity index (χ4v) is 3.49. The van der Waals surface area contributed by atoms with Crippen LogP contribution < -0.4 is 10.5 Å². The number of benzene rings is 2. The molecule has 0 fully saturated rings. The Bertz CT molecular complexity index is 1360.